The molecule has 0 aliphatic carbocycles. The van der Waals surface area contributed by atoms with Gasteiger partial charge >= 0.3 is 0 Å². The van der Waals surface area contributed by atoms with E-state index in [9.17, 15) is 4.39 Å². The number of benzene rings is 1. The van der Waals surface area contributed by atoms with Crippen molar-refractivity contribution < 1.29 is 4.39 Å². The average Bonchev–Trinajstić information content (AvgIpc) is 2.81. The van der Waals surface area contributed by atoms with E-state index in [0.29, 0.717) is 18.8 Å². The normalized spacial score (nSPS) is 11.2. The molecule has 0 bridgehead atoms. The molecule has 3 rings (SSSR count). The Labute approximate surface area is 131 Å². The molecule has 0 aliphatic rings. The Morgan fingerprint density at radius 1 is 1.24 bits per heavy atom. The molecule has 2 aromatic heterocycles. The van der Waals surface area contributed by atoms with Gasteiger partial charge in [-0.05, 0) is 29.8 Å². The number of imidazole rings is 1. The number of hydrogen-bond acceptors (Lipinski definition) is 2. The Morgan fingerprint density at radius 3 is 2.86 bits per heavy atom. The van der Waals surface area contributed by atoms with Gasteiger partial charge in [-0.25, -0.2) is 14.4 Å². The van der Waals surface area contributed by atoms with Crippen molar-refractivity contribution in [3.63, 3.8) is 0 Å². The van der Waals surface area contributed by atoms with Crippen molar-refractivity contribution in [1.29, 1.82) is 0 Å². The highest BCUT2D eigenvalue weighted by molar-refractivity contribution is 6.30. The third-order valence-electron chi connectivity index (χ3n) is 3.23. The van der Waals surface area contributed by atoms with Gasteiger partial charge in [0.1, 0.15) is 17.2 Å². The van der Waals surface area contributed by atoms with Crippen molar-refractivity contribution in [3.05, 3.63) is 58.8 Å². The second-order valence-electron chi connectivity index (χ2n) is 4.65. The molecule has 0 atom stereocenters. The summed E-state index contributed by atoms with van der Waals surface area (Å²) in [7, 11) is 0. The van der Waals surface area contributed by atoms with Gasteiger partial charge in [-0.15, -0.1) is 11.6 Å². The van der Waals surface area contributed by atoms with E-state index in [1.54, 1.807) is 18.3 Å². The predicted octanol–water partition coefficient (Wildman–Crippen LogP) is 4.05. The first-order valence-electron chi connectivity index (χ1n) is 6.49. The summed E-state index contributed by atoms with van der Waals surface area (Å²) in [6.45, 7) is 0.528. The summed E-state index contributed by atoms with van der Waals surface area (Å²) in [6.07, 6.45) is 2.37. The van der Waals surface area contributed by atoms with E-state index in [1.807, 2.05) is 16.7 Å². The minimum absolute atomic E-state index is 0.115. The first-order valence-corrected chi connectivity index (χ1v) is 7.40. The first kappa shape index (κ1) is 14.3. The van der Waals surface area contributed by atoms with Gasteiger partial charge in [-0.2, -0.15) is 0 Å². The number of pyridine rings is 1. The zero-order chi connectivity index (χ0) is 14.8. The van der Waals surface area contributed by atoms with Crippen LogP contribution in [-0.2, 0) is 13.0 Å². The van der Waals surface area contributed by atoms with Crippen LogP contribution in [0, 0.1) is 5.82 Å². The average molecular weight is 324 g/mol. The number of aromatic nitrogens is 3. The molecule has 0 radical (unpaired) electrons. The highest BCUT2D eigenvalue weighted by atomic mass is 35.5. The maximum Gasteiger partial charge on any atom is 0.160 e. The lowest BCUT2D eigenvalue weighted by Gasteiger charge is -2.08. The second-order valence-corrected chi connectivity index (χ2v) is 5.43. The van der Waals surface area contributed by atoms with E-state index in [4.69, 9.17) is 23.2 Å². The molecule has 0 saturated heterocycles. The maximum absolute atomic E-state index is 13.2. The Hall–Kier alpha value is -1.65. The van der Waals surface area contributed by atoms with Crippen LogP contribution in [0.1, 0.15) is 11.4 Å². The third kappa shape index (κ3) is 2.87. The molecule has 0 N–H and O–H groups in total. The molecule has 2 heterocycles. The van der Waals surface area contributed by atoms with Crippen molar-refractivity contribution >= 4 is 34.4 Å². The third-order valence-corrected chi connectivity index (χ3v) is 3.70. The second kappa shape index (κ2) is 6.00. The number of hydrogen-bond donors (Lipinski definition) is 0. The van der Waals surface area contributed by atoms with Crippen LogP contribution in [0.25, 0.3) is 11.2 Å². The number of halogens is 3. The van der Waals surface area contributed by atoms with Crippen LogP contribution < -0.4 is 0 Å². The van der Waals surface area contributed by atoms with Gasteiger partial charge in [0, 0.05) is 18.5 Å². The zero-order valence-electron chi connectivity index (χ0n) is 11.1. The van der Waals surface area contributed by atoms with Crippen LogP contribution >= 0.6 is 23.2 Å². The molecule has 0 saturated carbocycles. The van der Waals surface area contributed by atoms with Gasteiger partial charge in [-0.3, -0.25) is 0 Å². The predicted molar refractivity (Wildman–Crippen MR) is 82.5 cm³/mol. The molecule has 0 fully saturated rings. The van der Waals surface area contributed by atoms with Crippen molar-refractivity contribution in [2.24, 2.45) is 0 Å². The molecule has 108 valence electrons. The summed E-state index contributed by atoms with van der Waals surface area (Å²) in [6, 6.07) is 8.45. The summed E-state index contributed by atoms with van der Waals surface area (Å²) >= 11 is 11.7. The monoisotopic (exact) mass is 323 g/mol. The molecule has 21 heavy (non-hydrogen) atoms. The molecule has 6 heteroatoms. The van der Waals surface area contributed by atoms with Crippen molar-refractivity contribution in [2.75, 3.05) is 5.88 Å². The Morgan fingerprint density at radius 2 is 2.10 bits per heavy atom. The summed E-state index contributed by atoms with van der Waals surface area (Å²) in [5.74, 6) is 0.919. The van der Waals surface area contributed by atoms with Gasteiger partial charge in [0.05, 0.1) is 11.6 Å². The quantitative estimate of drug-likeness (QED) is 0.678. The maximum atomic E-state index is 13.2. The number of nitrogens with zero attached hydrogens (tertiary/aromatic N) is 3. The van der Waals surface area contributed by atoms with Crippen LogP contribution in [0.4, 0.5) is 4.39 Å². The summed E-state index contributed by atoms with van der Waals surface area (Å²) in [4.78, 5) is 8.92. The van der Waals surface area contributed by atoms with Crippen molar-refractivity contribution in [2.45, 2.75) is 13.0 Å². The van der Waals surface area contributed by atoms with Crippen LogP contribution in [0.3, 0.4) is 0 Å². The fraction of sp³-hybridized carbons (Fsp3) is 0.200. The Bertz CT molecular complexity index is 786. The smallest absolute Gasteiger partial charge is 0.160 e. The topological polar surface area (TPSA) is 30.7 Å². The SMILES string of the molecule is Fc1ccc(Cn2c(CCCl)nc3cccnc32)cc1Cl. The highest BCUT2D eigenvalue weighted by Gasteiger charge is 2.12. The van der Waals surface area contributed by atoms with E-state index in [2.05, 4.69) is 9.97 Å². The van der Waals surface area contributed by atoms with Crippen molar-refractivity contribution in [1.82, 2.24) is 14.5 Å². The van der Waals surface area contributed by atoms with E-state index < -0.39 is 5.82 Å². The number of fused-ring (bicyclic) bond motifs is 1. The van der Waals surface area contributed by atoms with Crippen molar-refractivity contribution in [3.8, 4) is 0 Å². The number of aryl methyl sites for hydroxylation is 1. The fourth-order valence-electron chi connectivity index (χ4n) is 2.27. The molecule has 3 aromatic rings. The molecular weight excluding hydrogens is 312 g/mol. The van der Waals surface area contributed by atoms with Crippen LogP contribution in [0.5, 0.6) is 0 Å². The summed E-state index contributed by atoms with van der Waals surface area (Å²) in [5.41, 5.74) is 2.51. The molecule has 1 aromatic carbocycles. The van der Waals surface area contributed by atoms with Gasteiger partial charge in [-0.1, -0.05) is 17.7 Å². The molecule has 0 amide bonds. The lowest BCUT2D eigenvalue weighted by Crippen LogP contribution is -2.06. The van der Waals surface area contributed by atoms with Gasteiger partial charge in [0.2, 0.25) is 0 Å². The number of alkyl halides is 1. The zero-order valence-corrected chi connectivity index (χ0v) is 12.6. The minimum atomic E-state index is -0.421. The van der Waals surface area contributed by atoms with Gasteiger partial charge in [0.25, 0.3) is 0 Å². The summed E-state index contributed by atoms with van der Waals surface area (Å²) in [5, 5.41) is 0.115. The first-order chi connectivity index (χ1) is 10.2. The van der Waals surface area contributed by atoms with E-state index in [1.165, 1.54) is 6.07 Å². The Kier molecular flexibility index (Phi) is 4.08. The Balaban J connectivity index is 2.05. The van der Waals surface area contributed by atoms with Gasteiger partial charge < -0.3 is 4.57 Å². The van der Waals surface area contributed by atoms with E-state index >= 15 is 0 Å². The standard InChI is InChI=1S/C15H12Cl2FN3/c16-6-5-14-20-13-2-1-7-19-15(13)21(14)9-10-3-4-12(18)11(17)8-10/h1-4,7-8H,5-6,9H2. The fourth-order valence-corrected chi connectivity index (χ4v) is 2.64. The molecular formula is C15H12Cl2FN3. The summed E-state index contributed by atoms with van der Waals surface area (Å²) < 4.78 is 15.2. The van der Waals surface area contributed by atoms with Crippen LogP contribution in [0.15, 0.2) is 36.5 Å². The lowest BCUT2D eigenvalue weighted by atomic mass is 10.2. The van der Waals surface area contributed by atoms with E-state index in [0.717, 1.165) is 22.6 Å². The molecule has 0 aliphatic heterocycles. The molecule has 0 unspecified atom stereocenters. The minimum Gasteiger partial charge on any atom is -0.308 e. The molecule has 0 spiro atoms. The highest BCUT2D eigenvalue weighted by Crippen LogP contribution is 2.20. The molecule has 3 nitrogen and oxygen atoms in total. The van der Waals surface area contributed by atoms with Crippen LogP contribution in [0.2, 0.25) is 5.02 Å². The number of rotatable bonds is 4. The lowest BCUT2D eigenvalue weighted by molar-refractivity contribution is 0.626. The van der Waals surface area contributed by atoms with E-state index in [-0.39, 0.29) is 5.02 Å². The van der Waals surface area contributed by atoms with Crippen LogP contribution in [-0.4, -0.2) is 20.4 Å². The van der Waals surface area contributed by atoms with Gasteiger partial charge in [0.15, 0.2) is 5.65 Å². The largest absolute Gasteiger partial charge is 0.308 e.